The number of para-hydroxylation sites is 2. The van der Waals surface area contributed by atoms with Gasteiger partial charge in [0, 0.05) is 31.4 Å². The zero-order valence-electron chi connectivity index (χ0n) is 19.6. The quantitative estimate of drug-likeness (QED) is 0.706. The second-order valence-electron chi connectivity index (χ2n) is 8.78. The van der Waals surface area contributed by atoms with Crippen LogP contribution in [0.15, 0.2) is 42.5 Å². The van der Waals surface area contributed by atoms with Crippen LogP contribution in [0.4, 0.5) is 11.4 Å². The van der Waals surface area contributed by atoms with Crippen LogP contribution in [-0.4, -0.2) is 42.8 Å². The fourth-order valence-electron chi connectivity index (χ4n) is 4.27. The Balaban J connectivity index is 1.66. The van der Waals surface area contributed by atoms with E-state index in [9.17, 15) is 14.4 Å². The zero-order chi connectivity index (χ0) is 23.4. The van der Waals surface area contributed by atoms with Gasteiger partial charge in [-0.05, 0) is 48.9 Å². The topological polar surface area (TPSA) is 69.7 Å². The number of hydrogen-bond donors (Lipinski definition) is 1. The number of likely N-dealkylation sites (N-methyl/N-ethyl adjacent to an activating group) is 1. The molecule has 1 aliphatic heterocycles. The number of benzene rings is 2. The van der Waals surface area contributed by atoms with Gasteiger partial charge in [-0.1, -0.05) is 50.2 Å². The molecule has 0 radical (unpaired) electrons. The van der Waals surface area contributed by atoms with Crippen LogP contribution in [0.5, 0.6) is 0 Å². The van der Waals surface area contributed by atoms with E-state index >= 15 is 0 Å². The van der Waals surface area contributed by atoms with Crippen LogP contribution >= 0.6 is 0 Å². The largest absolute Gasteiger partial charge is 0.336 e. The number of aryl methyl sites for hydroxylation is 2. The molecule has 1 aliphatic rings. The molecule has 3 amide bonds. The number of carbonyl (C=O) groups is 3. The van der Waals surface area contributed by atoms with Crippen molar-refractivity contribution >= 4 is 29.1 Å². The molecule has 0 aliphatic carbocycles. The van der Waals surface area contributed by atoms with E-state index < -0.39 is 5.92 Å². The van der Waals surface area contributed by atoms with Crippen molar-refractivity contribution in [3.8, 4) is 0 Å². The summed E-state index contributed by atoms with van der Waals surface area (Å²) in [5.41, 5.74) is 4.74. The van der Waals surface area contributed by atoms with Gasteiger partial charge >= 0.3 is 0 Å². The van der Waals surface area contributed by atoms with E-state index in [2.05, 4.69) is 25.2 Å². The Hall–Kier alpha value is -3.15. The molecule has 1 heterocycles. The van der Waals surface area contributed by atoms with Crippen LogP contribution in [0.1, 0.15) is 49.3 Å². The Morgan fingerprint density at radius 1 is 1.12 bits per heavy atom. The molecule has 1 N–H and O–H groups in total. The normalized spacial score (nSPS) is 16.7. The smallest absolute Gasteiger partial charge is 0.243 e. The molecular weight excluding hydrogens is 402 g/mol. The first-order valence-corrected chi connectivity index (χ1v) is 11.2. The van der Waals surface area contributed by atoms with Crippen molar-refractivity contribution in [1.29, 1.82) is 0 Å². The van der Waals surface area contributed by atoms with Gasteiger partial charge in [-0.2, -0.15) is 0 Å². The van der Waals surface area contributed by atoms with E-state index in [1.807, 2.05) is 50.2 Å². The number of nitrogens with zero attached hydrogens (tertiary/aromatic N) is 2. The van der Waals surface area contributed by atoms with Gasteiger partial charge in [0.05, 0.1) is 12.5 Å². The highest BCUT2D eigenvalue weighted by molar-refractivity contribution is 6.02. The summed E-state index contributed by atoms with van der Waals surface area (Å²) in [5.74, 6) is -0.608. The van der Waals surface area contributed by atoms with E-state index in [4.69, 9.17) is 0 Å². The van der Waals surface area contributed by atoms with Gasteiger partial charge in [-0.3, -0.25) is 14.4 Å². The number of carbonyl (C=O) groups excluding carboxylic acids is 3. The Morgan fingerprint density at radius 2 is 1.78 bits per heavy atom. The summed E-state index contributed by atoms with van der Waals surface area (Å²) in [6, 6.07) is 13.7. The third-order valence-corrected chi connectivity index (χ3v) is 6.35. The van der Waals surface area contributed by atoms with Crippen molar-refractivity contribution in [3.05, 3.63) is 59.2 Å². The molecule has 2 aromatic carbocycles. The van der Waals surface area contributed by atoms with Crippen molar-refractivity contribution < 1.29 is 14.4 Å². The lowest BCUT2D eigenvalue weighted by molar-refractivity contribution is -0.137. The highest BCUT2D eigenvalue weighted by atomic mass is 16.2. The summed E-state index contributed by atoms with van der Waals surface area (Å²) in [5, 5.41) is 2.91. The molecule has 0 aromatic heterocycles. The molecular formula is C26H33N3O3. The molecule has 1 saturated heterocycles. The van der Waals surface area contributed by atoms with Gasteiger partial charge in [-0.15, -0.1) is 0 Å². The molecule has 3 rings (SSSR count). The molecule has 0 bridgehead atoms. The first-order chi connectivity index (χ1) is 15.2. The molecule has 2 atom stereocenters. The Labute approximate surface area is 190 Å². The Morgan fingerprint density at radius 3 is 2.44 bits per heavy atom. The standard InChI is InChI=1S/C26H33N3O3/c1-6-17(2)21-12-7-8-13-22(21)29-15-20(14-24(29)31)26(32)28(5)16-23(30)27-25-18(3)10-9-11-19(25)4/h7-13,17,20H,6,14-16H2,1-5H3,(H,27,30). The van der Waals surface area contributed by atoms with Crippen molar-refractivity contribution in [2.75, 3.05) is 30.4 Å². The van der Waals surface area contributed by atoms with E-state index in [1.54, 1.807) is 11.9 Å². The van der Waals surface area contributed by atoms with Crippen LogP contribution in [0, 0.1) is 19.8 Å². The number of amides is 3. The molecule has 32 heavy (non-hydrogen) atoms. The SMILES string of the molecule is CCC(C)c1ccccc1N1CC(C(=O)N(C)CC(=O)Nc2c(C)cccc2C)CC1=O. The van der Waals surface area contributed by atoms with Crippen LogP contribution in [0.3, 0.4) is 0 Å². The Kier molecular flexibility index (Phi) is 7.33. The molecule has 2 aromatic rings. The van der Waals surface area contributed by atoms with Gasteiger partial charge in [0.1, 0.15) is 0 Å². The van der Waals surface area contributed by atoms with Crippen LogP contribution in [0.25, 0.3) is 0 Å². The van der Waals surface area contributed by atoms with Crippen LogP contribution in [-0.2, 0) is 14.4 Å². The predicted octanol–water partition coefficient (Wildman–Crippen LogP) is 4.27. The highest BCUT2D eigenvalue weighted by Crippen LogP contribution is 2.33. The second kappa shape index (κ2) is 9.98. The molecule has 6 nitrogen and oxygen atoms in total. The maximum Gasteiger partial charge on any atom is 0.243 e. The third kappa shape index (κ3) is 5.01. The summed E-state index contributed by atoms with van der Waals surface area (Å²) in [6.45, 7) is 8.43. The van der Waals surface area contributed by atoms with E-state index in [0.717, 1.165) is 34.5 Å². The number of rotatable bonds is 7. The van der Waals surface area contributed by atoms with E-state index in [0.29, 0.717) is 12.5 Å². The maximum atomic E-state index is 13.0. The van der Waals surface area contributed by atoms with Crippen molar-refractivity contribution in [3.63, 3.8) is 0 Å². The molecule has 6 heteroatoms. The lowest BCUT2D eigenvalue weighted by Gasteiger charge is -2.24. The van der Waals surface area contributed by atoms with E-state index in [1.165, 1.54) is 4.90 Å². The minimum absolute atomic E-state index is 0.0486. The molecule has 0 spiro atoms. The van der Waals surface area contributed by atoms with Gasteiger partial charge < -0.3 is 15.1 Å². The van der Waals surface area contributed by atoms with Crippen molar-refractivity contribution in [1.82, 2.24) is 4.90 Å². The lowest BCUT2D eigenvalue weighted by atomic mass is 9.96. The molecule has 1 fully saturated rings. The van der Waals surface area contributed by atoms with Gasteiger partial charge in [0.25, 0.3) is 0 Å². The monoisotopic (exact) mass is 435 g/mol. The first-order valence-electron chi connectivity index (χ1n) is 11.2. The lowest BCUT2D eigenvalue weighted by Crippen LogP contribution is -2.39. The molecule has 170 valence electrons. The summed E-state index contributed by atoms with van der Waals surface area (Å²) < 4.78 is 0. The Bertz CT molecular complexity index is 997. The summed E-state index contributed by atoms with van der Waals surface area (Å²) >= 11 is 0. The fraction of sp³-hybridized carbons (Fsp3) is 0.423. The summed E-state index contributed by atoms with van der Waals surface area (Å²) in [6.07, 6.45) is 1.14. The van der Waals surface area contributed by atoms with Crippen LogP contribution in [0.2, 0.25) is 0 Å². The number of nitrogens with one attached hydrogen (secondary N) is 1. The molecule has 0 saturated carbocycles. The summed E-state index contributed by atoms with van der Waals surface area (Å²) in [7, 11) is 1.62. The number of hydrogen-bond acceptors (Lipinski definition) is 3. The van der Waals surface area contributed by atoms with Crippen molar-refractivity contribution in [2.45, 2.75) is 46.5 Å². The average molecular weight is 436 g/mol. The maximum absolute atomic E-state index is 13.0. The minimum Gasteiger partial charge on any atom is -0.336 e. The first kappa shape index (κ1) is 23.5. The number of anilines is 2. The summed E-state index contributed by atoms with van der Waals surface area (Å²) in [4.78, 5) is 41.5. The second-order valence-corrected chi connectivity index (χ2v) is 8.78. The average Bonchev–Trinajstić information content (AvgIpc) is 3.16. The van der Waals surface area contributed by atoms with E-state index in [-0.39, 0.29) is 30.7 Å². The highest BCUT2D eigenvalue weighted by Gasteiger charge is 2.37. The van der Waals surface area contributed by atoms with Gasteiger partial charge in [-0.25, -0.2) is 0 Å². The van der Waals surface area contributed by atoms with Gasteiger partial charge in [0.2, 0.25) is 17.7 Å². The minimum atomic E-state index is -0.453. The third-order valence-electron chi connectivity index (χ3n) is 6.35. The predicted molar refractivity (Wildman–Crippen MR) is 128 cm³/mol. The van der Waals surface area contributed by atoms with Crippen molar-refractivity contribution in [2.24, 2.45) is 5.92 Å². The fourth-order valence-corrected chi connectivity index (χ4v) is 4.27. The zero-order valence-corrected chi connectivity index (χ0v) is 19.6. The van der Waals surface area contributed by atoms with Gasteiger partial charge in [0.15, 0.2) is 0 Å². The molecule has 2 unspecified atom stereocenters. The van der Waals surface area contributed by atoms with Crippen LogP contribution < -0.4 is 10.2 Å².